The van der Waals surface area contributed by atoms with Gasteiger partial charge in [0.1, 0.15) is 0 Å². The summed E-state index contributed by atoms with van der Waals surface area (Å²) in [7, 11) is 1.99. The van der Waals surface area contributed by atoms with Crippen LogP contribution >= 0.6 is 0 Å². The van der Waals surface area contributed by atoms with Gasteiger partial charge in [-0.3, -0.25) is 4.79 Å². The standard InChI is InChI=1S/C17H32N2O2/c1-3-18-14-7-9-15(10-8-14)19(2)17(20)12-11-16-6-4-5-13-21-16/h14-16,18H,3-13H2,1-2H3. The quantitative estimate of drug-likeness (QED) is 0.819. The average Bonchev–Trinajstić information content (AvgIpc) is 2.54. The molecule has 2 fully saturated rings. The first-order valence-electron chi connectivity index (χ1n) is 8.81. The molecule has 0 aromatic heterocycles. The van der Waals surface area contributed by atoms with Crippen LogP contribution in [-0.4, -0.2) is 49.2 Å². The lowest BCUT2D eigenvalue weighted by atomic mass is 9.90. The van der Waals surface area contributed by atoms with Crippen LogP contribution in [0.3, 0.4) is 0 Å². The maximum absolute atomic E-state index is 12.3. The molecule has 1 N–H and O–H groups in total. The largest absolute Gasteiger partial charge is 0.378 e. The van der Waals surface area contributed by atoms with Crippen molar-refractivity contribution in [1.29, 1.82) is 0 Å². The molecule has 2 rings (SSSR count). The molecule has 4 heteroatoms. The van der Waals surface area contributed by atoms with E-state index in [9.17, 15) is 4.79 Å². The molecule has 1 saturated carbocycles. The van der Waals surface area contributed by atoms with Crippen molar-refractivity contribution >= 4 is 5.91 Å². The number of hydrogen-bond acceptors (Lipinski definition) is 3. The second-order valence-electron chi connectivity index (χ2n) is 6.60. The fourth-order valence-corrected chi connectivity index (χ4v) is 3.66. The Morgan fingerprint density at radius 3 is 2.57 bits per heavy atom. The highest BCUT2D eigenvalue weighted by atomic mass is 16.5. The van der Waals surface area contributed by atoms with E-state index in [-0.39, 0.29) is 0 Å². The molecule has 1 aliphatic carbocycles. The van der Waals surface area contributed by atoms with Gasteiger partial charge in [0.15, 0.2) is 0 Å². The van der Waals surface area contributed by atoms with Gasteiger partial charge < -0.3 is 15.0 Å². The molecule has 1 unspecified atom stereocenters. The molecule has 1 saturated heterocycles. The van der Waals surface area contributed by atoms with Crippen molar-refractivity contribution in [3.05, 3.63) is 0 Å². The zero-order valence-electron chi connectivity index (χ0n) is 13.8. The van der Waals surface area contributed by atoms with Crippen LogP contribution in [0.1, 0.15) is 64.7 Å². The van der Waals surface area contributed by atoms with Gasteiger partial charge in [-0.1, -0.05) is 6.92 Å². The van der Waals surface area contributed by atoms with Gasteiger partial charge in [-0.2, -0.15) is 0 Å². The van der Waals surface area contributed by atoms with Crippen LogP contribution in [0.25, 0.3) is 0 Å². The highest BCUT2D eigenvalue weighted by Crippen LogP contribution is 2.24. The summed E-state index contributed by atoms with van der Waals surface area (Å²) in [6, 6.07) is 1.10. The molecule has 0 aromatic carbocycles. The van der Waals surface area contributed by atoms with E-state index >= 15 is 0 Å². The van der Waals surface area contributed by atoms with Gasteiger partial charge in [-0.05, 0) is 57.9 Å². The monoisotopic (exact) mass is 296 g/mol. The Morgan fingerprint density at radius 2 is 1.95 bits per heavy atom. The Kier molecular flexibility index (Phi) is 6.97. The molecular weight excluding hydrogens is 264 g/mol. The molecule has 21 heavy (non-hydrogen) atoms. The Morgan fingerprint density at radius 1 is 1.19 bits per heavy atom. The summed E-state index contributed by atoms with van der Waals surface area (Å²) in [4.78, 5) is 14.4. The van der Waals surface area contributed by atoms with Crippen LogP contribution in [-0.2, 0) is 9.53 Å². The summed E-state index contributed by atoms with van der Waals surface area (Å²) >= 11 is 0. The van der Waals surface area contributed by atoms with E-state index in [1.165, 1.54) is 25.7 Å². The van der Waals surface area contributed by atoms with Crippen molar-refractivity contribution in [3.8, 4) is 0 Å². The Bertz CT molecular complexity index is 308. The highest BCUT2D eigenvalue weighted by Gasteiger charge is 2.26. The number of carbonyl (C=O) groups is 1. The molecule has 4 nitrogen and oxygen atoms in total. The predicted molar refractivity (Wildman–Crippen MR) is 85.3 cm³/mol. The van der Waals surface area contributed by atoms with Crippen LogP contribution < -0.4 is 5.32 Å². The molecule has 1 atom stereocenters. The summed E-state index contributed by atoms with van der Waals surface area (Å²) in [5.41, 5.74) is 0. The molecule has 0 radical (unpaired) electrons. The van der Waals surface area contributed by atoms with Gasteiger partial charge in [-0.15, -0.1) is 0 Å². The fourth-order valence-electron chi connectivity index (χ4n) is 3.66. The second kappa shape index (κ2) is 8.74. The number of nitrogens with one attached hydrogen (secondary N) is 1. The first-order chi connectivity index (χ1) is 10.2. The minimum Gasteiger partial charge on any atom is -0.378 e. The van der Waals surface area contributed by atoms with Gasteiger partial charge in [0.25, 0.3) is 0 Å². The zero-order valence-corrected chi connectivity index (χ0v) is 13.8. The third-order valence-corrected chi connectivity index (χ3v) is 5.08. The first-order valence-corrected chi connectivity index (χ1v) is 8.81. The van der Waals surface area contributed by atoms with Crippen molar-refractivity contribution in [2.45, 2.75) is 82.9 Å². The molecule has 0 spiro atoms. The number of carbonyl (C=O) groups excluding carboxylic acids is 1. The van der Waals surface area contributed by atoms with Crippen molar-refractivity contribution in [2.75, 3.05) is 20.2 Å². The van der Waals surface area contributed by atoms with Crippen LogP contribution in [0.5, 0.6) is 0 Å². The molecular formula is C17H32N2O2. The molecule has 0 aromatic rings. The maximum atomic E-state index is 12.3. The highest BCUT2D eigenvalue weighted by molar-refractivity contribution is 5.76. The molecule has 1 aliphatic heterocycles. The van der Waals surface area contributed by atoms with Gasteiger partial charge in [-0.25, -0.2) is 0 Å². The van der Waals surface area contributed by atoms with Crippen LogP contribution in [0.2, 0.25) is 0 Å². The number of rotatable bonds is 6. The topological polar surface area (TPSA) is 41.6 Å². The lowest BCUT2D eigenvalue weighted by Crippen LogP contribution is -2.43. The molecule has 2 aliphatic rings. The van der Waals surface area contributed by atoms with E-state index in [1.54, 1.807) is 0 Å². The summed E-state index contributed by atoms with van der Waals surface area (Å²) < 4.78 is 5.72. The number of amides is 1. The molecule has 1 amide bonds. The van der Waals surface area contributed by atoms with Crippen LogP contribution in [0.15, 0.2) is 0 Å². The smallest absolute Gasteiger partial charge is 0.222 e. The molecule has 1 heterocycles. The number of ether oxygens (including phenoxy) is 1. The summed E-state index contributed by atoms with van der Waals surface area (Å²) in [5, 5.41) is 3.52. The van der Waals surface area contributed by atoms with E-state index in [1.807, 2.05) is 11.9 Å². The summed E-state index contributed by atoms with van der Waals surface area (Å²) in [6.45, 7) is 4.09. The SMILES string of the molecule is CCNC1CCC(N(C)C(=O)CCC2CCCCO2)CC1. The van der Waals surface area contributed by atoms with E-state index in [0.29, 0.717) is 30.5 Å². The Hall–Kier alpha value is -0.610. The predicted octanol–water partition coefficient (Wildman–Crippen LogP) is 2.71. The Balaban J connectivity index is 1.67. The van der Waals surface area contributed by atoms with Crippen molar-refractivity contribution in [2.24, 2.45) is 0 Å². The summed E-state index contributed by atoms with van der Waals surface area (Å²) in [6.07, 6.45) is 10.1. The van der Waals surface area contributed by atoms with E-state index in [2.05, 4.69) is 12.2 Å². The number of nitrogens with zero attached hydrogens (tertiary/aromatic N) is 1. The van der Waals surface area contributed by atoms with Crippen LogP contribution in [0, 0.1) is 0 Å². The van der Waals surface area contributed by atoms with E-state index in [4.69, 9.17) is 4.74 Å². The minimum absolute atomic E-state index is 0.302. The lowest BCUT2D eigenvalue weighted by Gasteiger charge is -2.35. The van der Waals surface area contributed by atoms with Gasteiger partial charge in [0, 0.05) is 32.2 Å². The van der Waals surface area contributed by atoms with E-state index in [0.717, 1.165) is 38.8 Å². The maximum Gasteiger partial charge on any atom is 0.222 e. The molecule has 0 bridgehead atoms. The average molecular weight is 296 g/mol. The van der Waals surface area contributed by atoms with Crippen molar-refractivity contribution in [3.63, 3.8) is 0 Å². The van der Waals surface area contributed by atoms with Gasteiger partial charge in [0.2, 0.25) is 5.91 Å². The van der Waals surface area contributed by atoms with Crippen LogP contribution in [0.4, 0.5) is 0 Å². The fraction of sp³-hybridized carbons (Fsp3) is 0.941. The Labute approximate surface area is 129 Å². The number of hydrogen-bond donors (Lipinski definition) is 1. The first kappa shape index (κ1) is 16.8. The lowest BCUT2D eigenvalue weighted by molar-refractivity contribution is -0.133. The van der Waals surface area contributed by atoms with E-state index < -0.39 is 0 Å². The van der Waals surface area contributed by atoms with Crippen molar-refractivity contribution < 1.29 is 9.53 Å². The van der Waals surface area contributed by atoms with Gasteiger partial charge >= 0.3 is 0 Å². The third kappa shape index (κ3) is 5.26. The normalized spacial score (nSPS) is 30.1. The van der Waals surface area contributed by atoms with Gasteiger partial charge in [0.05, 0.1) is 6.10 Å². The third-order valence-electron chi connectivity index (χ3n) is 5.08. The van der Waals surface area contributed by atoms with Crippen molar-refractivity contribution in [1.82, 2.24) is 10.2 Å². The molecule has 122 valence electrons. The zero-order chi connectivity index (χ0) is 15.1. The second-order valence-corrected chi connectivity index (χ2v) is 6.60. The minimum atomic E-state index is 0.302. The summed E-state index contributed by atoms with van der Waals surface area (Å²) in [5.74, 6) is 0.302.